The van der Waals surface area contributed by atoms with Crippen molar-refractivity contribution in [2.75, 3.05) is 26.1 Å². The van der Waals surface area contributed by atoms with Crippen LogP contribution in [0.5, 0.6) is 11.5 Å². The summed E-state index contributed by atoms with van der Waals surface area (Å²) >= 11 is 0. The number of hydrogen-bond donors (Lipinski definition) is 2. The van der Waals surface area contributed by atoms with Crippen LogP contribution in [0.15, 0.2) is 41.0 Å². The molecule has 1 heterocycles. The summed E-state index contributed by atoms with van der Waals surface area (Å²) < 4.78 is 15.7. The SMILES string of the molecule is COc1ccc(NC(=O)C[NH2+][C@H](C)c2ccco2)cc1OC. The average molecular weight is 305 g/mol. The molecule has 6 nitrogen and oxygen atoms in total. The molecule has 0 aliphatic heterocycles. The number of methoxy groups -OCH3 is 2. The van der Waals surface area contributed by atoms with Crippen LogP contribution < -0.4 is 20.1 Å². The topological polar surface area (TPSA) is 77.3 Å². The van der Waals surface area contributed by atoms with E-state index >= 15 is 0 Å². The molecular weight excluding hydrogens is 284 g/mol. The lowest BCUT2D eigenvalue weighted by Crippen LogP contribution is -2.86. The summed E-state index contributed by atoms with van der Waals surface area (Å²) in [6, 6.07) is 9.08. The number of benzene rings is 1. The van der Waals surface area contributed by atoms with Gasteiger partial charge < -0.3 is 24.5 Å². The monoisotopic (exact) mass is 305 g/mol. The van der Waals surface area contributed by atoms with E-state index in [-0.39, 0.29) is 11.9 Å². The van der Waals surface area contributed by atoms with Gasteiger partial charge in [-0.25, -0.2) is 0 Å². The zero-order chi connectivity index (χ0) is 15.9. The molecule has 6 heteroatoms. The van der Waals surface area contributed by atoms with E-state index in [4.69, 9.17) is 13.9 Å². The minimum absolute atomic E-state index is 0.0890. The lowest BCUT2D eigenvalue weighted by molar-refractivity contribution is -0.684. The fraction of sp³-hybridized carbons (Fsp3) is 0.312. The van der Waals surface area contributed by atoms with E-state index in [1.165, 1.54) is 0 Å². The van der Waals surface area contributed by atoms with Crippen LogP contribution in [0.25, 0.3) is 0 Å². The summed E-state index contributed by atoms with van der Waals surface area (Å²) in [6.07, 6.45) is 1.63. The third-order valence-corrected chi connectivity index (χ3v) is 3.32. The number of carbonyl (C=O) groups excluding carboxylic acids is 1. The molecule has 0 saturated heterocycles. The molecule has 1 amide bonds. The van der Waals surface area contributed by atoms with Crippen molar-refractivity contribution >= 4 is 11.6 Å². The normalized spacial score (nSPS) is 11.8. The minimum Gasteiger partial charge on any atom is -0.493 e. The van der Waals surface area contributed by atoms with Gasteiger partial charge >= 0.3 is 0 Å². The highest BCUT2D eigenvalue weighted by molar-refractivity contribution is 5.91. The van der Waals surface area contributed by atoms with Crippen LogP contribution >= 0.6 is 0 Å². The van der Waals surface area contributed by atoms with Crippen molar-refractivity contribution in [1.82, 2.24) is 0 Å². The molecule has 0 saturated carbocycles. The van der Waals surface area contributed by atoms with Gasteiger partial charge in [0.05, 0.1) is 20.5 Å². The van der Waals surface area contributed by atoms with E-state index in [0.717, 1.165) is 5.76 Å². The van der Waals surface area contributed by atoms with Gasteiger partial charge in [-0.15, -0.1) is 0 Å². The number of ether oxygens (including phenoxy) is 2. The standard InChI is InChI=1S/C16H20N2O4/c1-11(13-5-4-8-22-13)17-10-16(19)18-12-6-7-14(20-2)15(9-12)21-3/h4-9,11,17H,10H2,1-3H3,(H,18,19)/p+1/t11-/m1/s1. The zero-order valence-electron chi connectivity index (χ0n) is 13.0. The number of carbonyl (C=O) groups is 1. The minimum atomic E-state index is -0.0920. The van der Waals surface area contributed by atoms with Crippen molar-refractivity contribution in [3.63, 3.8) is 0 Å². The Morgan fingerprint density at radius 3 is 2.68 bits per heavy atom. The molecule has 0 unspecified atom stereocenters. The Balaban J connectivity index is 1.89. The molecule has 0 radical (unpaired) electrons. The van der Waals surface area contributed by atoms with Crippen LogP contribution in [0, 0.1) is 0 Å². The maximum atomic E-state index is 12.0. The molecule has 1 atom stereocenters. The summed E-state index contributed by atoms with van der Waals surface area (Å²) in [5, 5.41) is 4.74. The van der Waals surface area contributed by atoms with E-state index in [1.54, 1.807) is 38.7 Å². The van der Waals surface area contributed by atoms with Gasteiger partial charge in [0.2, 0.25) is 0 Å². The highest BCUT2D eigenvalue weighted by atomic mass is 16.5. The highest BCUT2D eigenvalue weighted by Crippen LogP contribution is 2.29. The maximum Gasteiger partial charge on any atom is 0.279 e. The number of hydrogen-bond acceptors (Lipinski definition) is 4. The first-order chi connectivity index (χ1) is 10.6. The number of amides is 1. The third-order valence-electron chi connectivity index (χ3n) is 3.32. The van der Waals surface area contributed by atoms with Crippen LogP contribution in [0.3, 0.4) is 0 Å². The Morgan fingerprint density at radius 1 is 1.27 bits per heavy atom. The quantitative estimate of drug-likeness (QED) is 0.814. The average Bonchev–Trinajstić information content (AvgIpc) is 3.07. The molecule has 22 heavy (non-hydrogen) atoms. The molecule has 0 aliphatic rings. The number of nitrogens with two attached hydrogens (primary N) is 1. The molecule has 1 aromatic heterocycles. The fourth-order valence-corrected chi connectivity index (χ4v) is 2.08. The Morgan fingerprint density at radius 2 is 2.05 bits per heavy atom. The van der Waals surface area contributed by atoms with Gasteiger partial charge in [-0.1, -0.05) is 0 Å². The van der Waals surface area contributed by atoms with Gasteiger partial charge in [-0.05, 0) is 31.2 Å². The molecule has 0 spiro atoms. The first-order valence-corrected chi connectivity index (χ1v) is 7.02. The largest absolute Gasteiger partial charge is 0.493 e. The smallest absolute Gasteiger partial charge is 0.279 e. The Labute approximate surface area is 129 Å². The highest BCUT2D eigenvalue weighted by Gasteiger charge is 2.14. The van der Waals surface area contributed by atoms with Gasteiger partial charge in [-0.3, -0.25) is 4.79 Å². The molecule has 0 bridgehead atoms. The van der Waals surface area contributed by atoms with E-state index < -0.39 is 0 Å². The number of anilines is 1. The van der Waals surface area contributed by atoms with Crippen molar-refractivity contribution in [2.45, 2.75) is 13.0 Å². The molecule has 0 aliphatic carbocycles. The Kier molecular flexibility index (Phi) is 5.43. The van der Waals surface area contributed by atoms with Crippen molar-refractivity contribution < 1.29 is 24.0 Å². The predicted molar refractivity (Wildman–Crippen MR) is 82.1 cm³/mol. The molecule has 118 valence electrons. The van der Waals surface area contributed by atoms with Crippen LogP contribution in [0.4, 0.5) is 5.69 Å². The first-order valence-electron chi connectivity index (χ1n) is 7.02. The van der Waals surface area contributed by atoms with Crippen molar-refractivity contribution in [3.8, 4) is 11.5 Å². The van der Waals surface area contributed by atoms with Crippen LogP contribution in [0.1, 0.15) is 18.7 Å². The lowest BCUT2D eigenvalue weighted by Gasteiger charge is -2.11. The lowest BCUT2D eigenvalue weighted by atomic mass is 10.2. The summed E-state index contributed by atoms with van der Waals surface area (Å²) in [6.45, 7) is 2.29. The van der Waals surface area contributed by atoms with E-state index in [0.29, 0.717) is 23.7 Å². The molecule has 0 fully saturated rings. The van der Waals surface area contributed by atoms with Crippen LogP contribution in [0.2, 0.25) is 0 Å². The zero-order valence-corrected chi connectivity index (χ0v) is 13.0. The number of quaternary nitrogens is 1. The van der Waals surface area contributed by atoms with Gasteiger partial charge in [0.1, 0.15) is 6.04 Å². The second-order valence-electron chi connectivity index (χ2n) is 4.86. The summed E-state index contributed by atoms with van der Waals surface area (Å²) in [5.41, 5.74) is 0.668. The number of nitrogens with one attached hydrogen (secondary N) is 1. The summed E-state index contributed by atoms with van der Waals surface area (Å²) in [7, 11) is 3.13. The Hall–Kier alpha value is -2.47. The first kappa shape index (κ1) is 15.9. The molecule has 1 aromatic carbocycles. The second-order valence-corrected chi connectivity index (χ2v) is 4.86. The second kappa shape index (κ2) is 7.51. The van der Waals surface area contributed by atoms with E-state index in [2.05, 4.69) is 5.32 Å². The van der Waals surface area contributed by atoms with Gasteiger partial charge in [0.15, 0.2) is 23.8 Å². The molecule has 3 N–H and O–H groups in total. The summed E-state index contributed by atoms with van der Waals surface area (Å²) in [5.74, 6) is 1.95. The van der Waals surface area contributed by atoms with Gasteiger partial charge in [0.25, 0.3) is 5.91 Å². The number of furan rings is 1. The maximum absolute atomic E-state index is 12.0. The van der Waals surface area contributed by atoms with Gasteiger partial charge in [-0.2, -0.15) is 0 Å². The van der Waals surface area contributed by atoms with E-state index in [9.17, 15) is 4.79 Å². The van der Waals surface area contributed by atoms with Crippen LogP contribution in [-0.2, 0) is 4.79 Å². The van der Waals surface area contributed by atoms with Crippen molar-refractivity contribution in [2.24, 2.45) is 0 Å². The predicted octanol–water partition coefficient (Wildman–Crippen LogP) is 1.56. The van der Waals surface area contributed by atoms with Crippen molar-refractivity contribution in [3.05, 3.63) is 42.4 Å². The van der Waals surface area contributed by atoms with Gasteiger partial charge in [0, 0.05) is 11.8 Å². The molecular formula is C16H21N2O4+. The van der Waals surface area contributed by atoms with Crippen LogP contribution in [-0.4, -0.2) is 26.7 Å². The Bertz CT molecular complexity index is 611. The third kappa shape index (κ3) is 4.02. The van der Waals surface area contributed by atoms with E-state index in [1.807, 2.05) is 24.4 Å². The fourth-order valence-electron chi connectivity index (χ4n) is 2.08. The number of rotatable bonds is 7. The molecule has 2 aromatic rings. The van der Waals surface area contributed by atoms with Crippen molar-refractivity contribution in [1.29, 1.82) is 0 Å². The molecule has 2 rings (SSSR count). The summed E-state index contributed by atoms with van der Waals surface area (Å²) in [4.78, 5) is 12.0.